The number of rotatable bonds is 4. The molecule has 0 amide bonds. The van der Waals surface area contributed by atoms with E-state index >= 15 is 0 Å². The zero-order valence-electron chi connectivity index (χ0n) is 8.67. The molecule has 0 fully saturated rings. The van der Waals surface area contributed by atoms with E-state index in [9.17, 15) is 0 Å². The van der Waals surface area contributed by atoms with Crippen LogP contribution in [0.5, 0.6) is 11.5 Å². The Labute approximate surface area is 100 Å². The van der Waals surface area contributed by atoms with E-state index in [0.717, 1.165) is 11.3 Å². The number of thiol groups is 1. The Balaban J connectivity index is 1.94. The van der Waals surface area contributed by atoms with Crippen molar-refractivity contribution >= 4 is 12.9 Å². The van der Waals surface area contributed by atoms with E-state index in [1.54, 1.807) is 0 Å². The molecule has 0 bridgehead atoms. The molecule has 0 saturated carbocycles. The molecule has 16 heavy (non-hydrogen) atoms. The highest BCUT2D eigenvalue weighted by molar-refractivity contribution is 7.75. The minimum atomic E-state index is 0.571. The summed E-state index contributed by atoms with van der Waals surface area (Å²) in [4.78, 5) is 0. The van der Waals surface area contributed by atoms with Crippen LogP contribution in [0.3, 0.4) is 0 Å². The van der Waals surface area contributed by atoms with Gasteiger partial charge in [0.1, 0.15) is 18.1 Å². The van der Waals surface area contributed by atoms with Gasteiger partial charge in [-0.05, 0) is 29.8 Å². The zero-order valence-corrected chi connectivity index (χ0v) is 9.56. The molecule has 0 radical (unpaired) electrons. The Kier molecular flexibility index (Phi) is 3.72. The first-order valence-electron chi connectivity index (χ1n) is 4.97. The number of ether oxygens (including phenoxy) is 1. The lowest BCUT2D eigenvalue weighted by atomic mass is 10.2. The third kappa shape index (κ3) is 2.94. The van der Waals surface area contributed by atoms with E-state index in [2.05, 4.69) is 12.9 Å². The van der Waals surface area contributed by atoms with Gasteiger partial charge in [0.05, 0.1) is 0 Å². The lowest BCUT2D eigenvalue weighted by Crippen LogP contribution is -1.94. The fourth-order valence-corrected chi connectivity index (χ4v) is 1.46. The fourth-order valence-electron chi connectivity index (χ4n) is 1.34. The van der Waals surface area contributed by atoms with Gasteiger partial charge >= 0.3 is 0 Å². The molecule has 0 aromatic heterocycles. The molecule has 0 aliphatic heterocycles. The maximum Gasteiger partial charge on any atom is 0.137 e. The highest BCUT2D eigenvalue weighted by atomic mass is 32.1. The summed E-state index contributed by atoms with van der Waals surface area (Å²) in [6.45, 7) is 0.571. The minimum absolute atomic E-state index is 0.571. The molecule has 3 heteroatoms. The molecule has 0 aliphatic carbocycles. The molecule has 0 atom stereocenters. The molecule has 0 N–H and O–H groups in total. The van der Waals surface area contributed by atoms with Crippen LogP contribution in [0.2, 0.25) is 0 Å². The van der Waals surface area contributed by atoms with Crippen LogP contribution in [0.4, 0.5) is 0 Å². The molecule has 0 aliphatic rings. The van der Waals surface area contributed by atoms with Crippen molar-refractivity contribution in [3.63, 3.8) is 0 Å². The summed E-state index contributed by atoms with van der Waals surface area (Å²) in [6, 6.07) is 17.4. The summed E-state index contributed by atoms with van der Waals surface area (Å²) in [5.74, 6) is 1.52. The normalized spacial score (nSPS) is 9.81. The molecule has 0 saturated heterocycles. The van der Waals surface area contributed by atoms with Gasteiger partial charge in [-0.1, -0.05) is 30.3 Å². The van der Waals surface area contributed by atoms with E-state index in [0.29, 0.717) is 12.4 Å². The molecule has 82 valence electrons. The Bertz CT molecular complexity index is 425. The van der Waals surface area contributed by atoms with Gasteiger partial charge in [-0.3, -0.25) is 0 Å². The van der Waals surface area contributed by atoms with Gasteiger partial charge in [-0.15, -0.1) is 0 Å². The van der Waals surface area contributed by atoms with Crippen LogP contribution >= 0.6 is 12.9 Å². The van der Waals surface area contributed by atoms with Crippen molar-refractivity contribution in [2.45, 2.75) is 6.61 Å². The summed E-state index contributed by atoms with van der Waals surface area (Å²) in [7, 11) is 0. The summed E-state index contributed by atoms with van der Waals surface area (Å²) >= 11 is 3.71. The van der Waals surface area contributed by atoms with Gasteiger partial charge in [-0.25, -0.2) is 0 Å². The third-order valence-electron chi connectivity index (χ3n) is 2.18. The van der Waals surface area contributed by atoms with Crippen LogP contribution in [0.25, 0.3) is 0 Å². The molecule has 0 spiro atoms. The Hall–Kier alpha value is -1.61. The summed E-state index contributed by atoms with van der Waals surface area (Å²) in [5, 5.41) is 0. The molecule has 0 unspecified atom stereocenters. The average molecular weight is 232 g/mol. The number of benzene rings is 2. The average Bonchev–Trinajstić information content (AvgIpc) is 2.38. The van der Waals surface area contributed by atoms with Gasteiger partial charge in [0, 0.05) is 12.9 Å². The number of hydrogen-bond donors (Lipinski definition) is 1. The monoisotopic (exact) mass is 232 g/mol. The first kappa shape index (κ1) is 10.9. The van der Waals surface area contributed by atoms with Crippen molar-refractivity contribution < 1.29 is 8.92 Å². The molecule has 2 aromatic rings. The molecule has 2 nitrogen and oxygen atoms in total. The van der Waals surface area contributed by atoms with Crippen molar-refractivity contribution in [3.8, 4) is 11.5 Å². The SMILES string of the molecule is SOc1ccc(OCc2ccccc2)cc1. The van der Waals surface area contributed by atoms with Crippen LogP contribution in [0, 0.1) is 0 Å². The summed E-state index contributed by atoms with van der Waals surface area (Å²) in [5.41, 5.74) is 1.15. The van der Waals surface area contributed by atoms with Gasteiger partial charge in [-0.2, -0.15) is 0 Å². The summed E-state index contributed by atoms with van der Waals surface area (Å²) in [6.07, 6.45) is 0. The third-order valence-corrected chi connectivity index (χ3v) is 2.39. The topological polar surface area (TPSA) is 18.5 Å². The lowest BCUT2D eigenvalue weighted by Gasteiger charge is -2.06. The molecule has 0 heterocycles. The molecule has 2 aromatic carbocycles. The van der Waals surface area contributed by atoms with Gasteiger partial charge in [0.25, 0.3) is 0 Å². The van der Waals surface area contributed by atoms with Crippen molar-refractivity contribution in [1.29, 1.82) is 0 Å². The Morgan fingerprint density at radius 3 is 2.06 bits per heavy atom. The predicted molar refractivity (Wildman–Crippen MR) is 66.8 cm³/mol. The Morgan fingerprint density at radius 1 is 0.812 bits per heavy atom. The number of hydrogen-bond acceptors (Lipinski definition) is 3. The van der Waals surface area contributed by atoms with Crippen LogP contribution in [-0.4, -0.2) is 0 Å². The van der Waals surface area contributed by atoms with Crippen molar-refractivity contribution in [2.75, 3.05) is 0 Å². The first-order valence-corrected chi connectivity index (χ1v) is 5.33. The predicted octanol–water partition coefficient (Wildman–Crippen LogP) is 3.49. The molecular formula is C13H12O2S. The maximum atomic E-state index is 5.61. The lowest BCUT2D eigenvalue weighted by molar-refractivity contribution is 0.306. The first-order chi connectivity index (χ1) is 7.88. The fraction of sp³-hybridized carbons (Fsp3) is 0.0769. The smallest absolute Gasteiger partial charge is 0.137 e. The van der Waals surface area contributed by atoms with Gasteiger partial charge < -0.3 is 8.92 Å². The second kappa shape index (κ2) is 5.47. The van der Waals surface area contributed by atoms with Crippen LogP contribution < -0.4 is 8.92 Å². The quantitative estimate of drug-likeness (QED) is 0.642. The Morgan fingerprint density at radius 2 is 1.44 bits per heavy atom. The van der Waals surface area contributed by atoms with Crippen LogP contribution in [0.15, 0.2) is 54.6 Å². The molecular weight excluding hydrogens is 220 g/mol. The van der Waals surface area contributed by atoms with Crippen LogP contribution in [0.1, 0.15) is 5.56 Å². The van der Waals surface area contributed by atoms with E-state index in [4.69, 9.17) is 8.92 Å². The van der Waals surface area contributed by atoms with Gasteiger partial charge in [0.2, 0.25) is 0 Å². The maximum absolute atomic E-state index is 5.61. The van der Waals surface area contributed by atoms with E-state index in [-0.39, 0.29) is 0 Å². The van der Waals surface area contributed by atoms with Crippen molar-refractivity contribution in [2.24, 2.45) is 0 Å². The van der Waals surface area contributed by atoms with Crippen molar-refractivity contribution in [3.05, 3.63) is 60.2 Å². The van der Waals surface area contributed by atoms with E-state index in [1.807, 2.05) is 54.6 Å². The standard InChI is InChI=1S/C13H12O2S/c16-15-13-8-6-12(7-9-13)14-10-11-4-2-1-3-5-11/h1-9,16H,10H2. The molecule has 2 rings (SSSR count). The minimum Gasteiger partial charge on any atom is -0.489 e. The highest BCUT2D eigenvalue weighted by Crippen LogP contribution is 2.19. The van der Waals surface area contributed by atoms with Crippen LogP contribution in [-0.2, 0) is 6.61 Å². The second-order valence-electron chi connectivity index (χ2n) is 3.34. The summed E-state index contributed by atoms with van der Waals surface area (Å²) < 4.78 is 10.4. The second-order valence-corrected chi connectivity index (χ2v) is 3.52. The van der Waals surface area contributed by atoms with Gasteiger partial charge in [0.15, 0.2) is 0 Å². The highest BCUT2D eigenvalue weighted by Gasteiger charge is 1.96. The largest absolute Gasteiger partial charge is 0.489 e. The van der Waals surface area contributed by atoms with E-state index in [1.165, 1.54) is 0 Å². The van der Waals surface area contributed by atoms with Crippen molar-refractivity contribution in [1.82, 2.24) is 0 Å². The van der Waals surface area contributed by atoms with E-state index < -0.39 is 0 Å². The zero-order chi connectivity index (χ0) is 11.2.